The van der Waals surface area contributed by atoms with Gasteiger partial charge >= 0.3 is 0 Å². The van der Waals surface area contributed by atoms with Crippen molar-refractivity contribution in [3.63, 3.8) is 0 Å². The Kier molecular flexibility index (Phi) is 7.17. The molecule has 2 aromatic rings. The quantitative estimate of drug-likeness (QED) is 0.598. The number of hydrazine groups is 1. The summed E-state index contributed by atoms with van der Waals surface area (Å²) in [7, 11) is 0. The van der Waals surface area contributed by atoms with Gasteiger partial charge in [-0.15, -0.1) is 11.8 Å². The first kappa shape index (κ1) is 17.9. The zero-order valence-corrected chi connectivity index (χ0v) is 14.3. The second kappa shape index (κ2) is 9.62. The second-order valence-electron chi connectivity index (χ2n) is 4.87. The number of ether oxygens (including phenoxy) is 1. The van der Waals surface area contributed by atoms with E-state index in [9.17, 15) is 9.59 Å². The number of hydrogen-bond acceptors (Lipinski definition) is 4. The minimum atomic E-state index is -0.359. The maximum Gasteiger partial charge on any atom is 0.269 e. The van der Waals surface area contributed by atoms with Crippen LogP contribution in [0.5, 0.6) is 5.75 Å². The van der Waals surface area contributed by atoms with Gasteiger partial charge in [0, 0.05) is 22.6 Å². The van der Waals surface area contributed by atoms with Crippen molar-refractivity contribution < 1.29 is 14.3 Å². The fourth-order valence-electron chi connectivity index (χ4n) is 1.91. The normalized spacial score (nSPS) is 10.0. The van der Waals surface area contributed by atoms with Crippen LogP contribution in [-0.4, -0.2) is 24.2 Å². The lowest BCUT2D eigenvalue weighted by molar-refractivity contribution is -0.121. The van der Waals surface area contributed by atoms with Crippen molar-refractivity contribution in [3.8, 4) is 5.75 Å². The van der Waals surface area contributed by atoms with Crippen LogP contribution in [0.25, 0.3) is 0 Å². The number of thioether (sulfide) groups is 1. The molecule has 0 heterocycles. The van der Waals surface area contributed by atoms with E-state index in [-0.39, 0.29) is 11.8 Å². The molecule has 24 heavy (non-hydrogen) atoms. The maximum absolute atomic E-state index is 11.9. The molecule has 0 fully saturated rings. The molecule has 0 aliphatic heterocycles. The molecule has 0 spiro atoms. The number of rotatable bonds is 7. The average molecular weight is 344 g/mol. The van der Waals surface area contributed by atoms with Gasteiger partial charge in [-0.2, -0.15) is 0 Å². The van der Waals surface area contributed by atoms with E-state index in [0.717, 1.165) is 4.90 Å². The summed E-state index contributed by atoms with van der Waals surface area (Å²) in [4.78, 5) is 24.8. The highest BCUT2D eigenvalue weighted by molar-refractivity contribution is 7.99. The summed E-state index contributed by atoms with van der Waals surface area (Å²) >= 11 is 1.60. The molecule has 2 aromatic carbocycles. The monoisotopic (exact) mass is 344 g/mol. The third-order valence-corrected chi connectivity index (χ3v) is 4.10. The minimum Gasteiger partial charge on any atom is -0.494 e. The van der Waals surface area contributed by atoms with Crippen molar-refractivity contribution >= 4 is 23.6 Å². The first-order valence-corrected chi connectivity index (χ1v) is 8.67. The molecule has 0 aromatic heterocycles. The summed E-state index contributed by atoms with van der Waals surface area (Å²) < 4.78 is 5.32. The Hall–Kier alpha value is -2.47. The molecule has 6 heteroatoms. The van der Waals surface area contributed by atoms with E-state index in [4.69, 9.17) is 4.74 Å². The molecule has 2 rings (SSSR count). The highest BCUT2D eigenvalue weighted by Gasteiger charge is 2.07. The van der Waals surface area contributed by atoms with Crippen molar-refractivity contribution in [1.29, 1.82) is 0 Å². The number of benzene rings is 2. The lowest BCUT2D eigenvalue weighted by Crippen LogP contribution is -2.41. The highest BCUT2D eigenvalue weighted by atomic mass is 32.2. The molecule has 126 valence electrons. The summed E-state index contributed by atoms with van der Waals surface area (Å²) in [6, 6.07) is 16.6. The molecule has 0 saturated carbocycles. The van der Waals surface area contributed by atoms with Gasteiger partial charge in [0.1, 0.15) is 5.75 Å². The lowest BCUT2D eigenvalue weighted by atomic mass is 10.2. The molecule has 0 saturated heterocycles. The zero-order valence-electron chi connectivity index (χ0n) is 13.5. The molecule has 0 unspecified atom stereocenters. The molecule has 2 N–H and O–H groups in total. The molecule has 0 atom stereocenters. The summed E-state index contributed by atoms with van der Waals surface area (Å²) in [5.74, 6) is 0.769. The van der Waals surface area contributed by atoms with Crippen LogP contribution in [-0.2, 0) is 4.79 Å². The number of hydrogen-bond donors (Lipinski definition) is 2. The summed E-state index contributed by atoms with van der Waals surface area (Å²) in [6.45, 7) is 2.47. The van der Waals surface area contributed by atoms with Crippen molar-refractivity contribution in [2.45, 2.75) is 18.2 Å². The third-order valence-electron chi connectivity index (χ3n) is 3.08. The Balaban J connectivity index is 1.69. The fraction of sp³-hybridized carbons (Fsp3) is 0.222. The van der Waals surface area contributed by atoms with Gasteiger partial charge < -0.3 is 4.74 Å². The second-order valence-corrected chi connectivity index (χ2v) is 6.04. The summed E-state index contributed by atoms with van der Waals surface area (Å²) in [5, 5.41) is 0. The van der Waals surface area contributed by atoms with E-state index in [2.05, 4.69) is 10.9 Å². The van der Waals surface area contributed by atoms with Crippen LogP contribution in [0, 0.1) is 0 Å². The zero-order chi connectivity index (χ0) is 17.2. The number of amides is 2. The van der Waals surface area contributed by atoms with Crippen LogP contribution in [0.3, 0.4) is 0 Å². The molecule has 0 aliphatic carbocycles. The highest BCUT2D eigenvalue weighted by Crippen LogP contribution is 2.17. The first-order chi connectivity index (χ1) is 11.7. The van der Waals surface area contributed by atoms with Crippen molar-refractivity contribution in [1.82, 2.24) is 10.9 Å². The van der Waals surface area contributed by atoms with E-state index in [0.29, 0.717) is 30.1 Å². The van der Waals surface area contributed by atoms with Crippen molar-refractivity contribution in [2.75, 3.05) is 12.4 Å². The maximum atomic E-state index is 11.9. The van der Waals surface area contributed by atoms with Gasteiger partial charge in [-0.1, -0.05) is 18.2 Å². The Morgan fingerprint density at radius 3 is 2.38 bits per heavy atom. The standard InChI is InChI=1S/C18H20N2O3S/c1-2-23-15-10-8-14(9-11-15)18(22)20-19-17(21)12-13-24-16-6-4-3-5-7-16/h3-11H,2,12-13H2,1H3,(H,19,21)(H,20,22). The van der Waals surface area contributed by atoms with E-state index in [1.54, 1.807) is 36.0 Å². The first-order valence-electron chi connectivity index (χ1n) is 7.69. The van der Waals surface area contributed by atoms with E-state index in [1.165, 1.54) is 0 Å². The SMILES string of the molecule is CCOc1ccc(C(=O)NNC(=O)CCSc2ccccc2)cc1. The van der Waals surface area contributed by atoms with Gasteiger partial charge in [0.05, 0.1) is 6.61 Å². The number of carbonyl (C=O) groups excluding carboxylic acids is 2. The Bertz CT molecular complexity index is 660. The van der Waals surface area contributed by atoms with Gasteiger partial charge in [-0.25, -0.2) is 0 Å². The van der Waals surface area contributed by atoms with Gasteiger partial charge in [0.15, 0.2) is 0 Å². The number of carbonyl (C=O) groups is 2. The fourth-order valence-corrected chi connectivity index (χ4v) is 2.78. The number of nitrogens with one attached hydrogen (secondary N) is 2. The smallest absolute Gasteiger partial charge is 0.269 e. The van der Waals surface area contributed by atoms with Crippen LogP contribution in [0.4, 0.5) is 0 Å². The Morgan fingerprint density at radius 2 is 1.71 bits per heavy atom. The van der Waals surface area contributed by atoms with Gasteiger partial charge in [-0.05, 0) is 43.3 Å². The van der Waals surface area contributed by atoms with Crippen LogP contribution in [0.1, 0.15) is 23.7 Å². The topological polar surface area (TPSA) is 67.4 Å². The van der Waals surface area contributed by atoms with Crippen molar-refractivity contribution in [3.05, 3.63) is 60.2 Å². The molecule has 0 radical (unpaired) electrons. The predicted molar refractivity (Wildman–Crippen MR) is 95.0 cm³/mol. The lowest BCUT2D eigenvalue weighted by Gasteiger charge is -2.08. The largest absolute Gasteiger partial charge is 0.494 e. The molecule has 0 aliphatic rings. The van der Waals surface area contributed by atoms with Crippen LogP contribution < -0.4 is 15.6 Å². The van der Waals surface area contributed by atoms with E-state index >= 15 is 0 Å². The molecule has 5 nitrogen and oxygen atoms in total. The molecule has 2 amide bonds. The molecular formula is C18H20N2O3S. The van der Waals surface area contributed by atoms with E-state index < -0.39 is 0 Å². The average Bonchev–Trinajstić information content (AvgIpc) is 2.61. The van der Waals surface area contributed by atoms with Crippen LogP contribution >= 0.6 is 11.8 Å². The van der Waals surface area contributed by atoms with Crippen molar-refractivity contribution in [2.24, 2.45) is 0 Å². The Labute approximate surface area is 145 Å². The van der Waals surface area contributed by atoms with Gasteiger partial charge in [0.2, 0.25) is 5.91 Å². The molecular weight excluding hydrogens is 324 g/mol. The van der Waals surface area contributed by atoms with Gasteiger partial charge in [-0.3, -0.25) is 20.4 Å². The minimum absolute atomic E-state index is 0.224. The van der Waals surface area contributed by atoms with Crippen LogP contribution in [0.2, 0.25) is 0 Å². The van der Waals surface area contributed by atoms with Gasteiger partial charge in [0.25, 0.3) is 5.91 Å². The summed E-state index contributed by atoms with van der Waals surface area (Å²) in [6.07, 6.45) is 0.323. The van der Waals surface area contributed by atoms with Crippen LogP contribution in [0.15, 0.2) is 59.5 Å². The third kappa shape index (κ3) is 5.96. The molecule has 0 bridgehead atoms. The predicted octanol–water partition coefficient (Wildman–Crippen LogP) is 3.03. The van der Waals surface area contributed by atoms with E-state index in [1.807, 2.05) is 37.3 Å². The summed E-state index contributed by atoms with van der Waals surface area (Å²) in [5.41, 5.74) is 5.29. The Morgan fingerprint density at radius 1 is 1.00 bits per heavy atom.